The van der Waals surface area contributed by atoms with E-state index in [0.29, 0.717) is 112 Å². The quantitative estimate of drug-likeness (QED) is 0.103. The Balaban J connectivity index is 3.05. The van der Waals surface area contributed by atoms with Gasteiger partial charge < -0.3 is 52.2 Å². The van der Waals surface area contributed by atoms with Crippen LogP contribution in [0.15, 0.2) is 0 Å². The van der Waals surface area contributed by atoms with E-state index in [1.165, 1.54) is 0 Å². The van der Waals surface area contributed by atoms with Crippen molar-refractivity contribution >= 4 is 14.3 Å². The van der Waals surface area contributed by atoms with Gasteiger partial charge in [-0.3, -0.25) is 0 Å². The molecule has 0 heterocycles. The van der Waals surface area contributed by atoms with Crippen LogP contribution >= 0.6 is 0 Å². The number of hydrogen-bond acceptors (Lipinski definition) is 11. The number of aliphatic carboxylic acids is 1. The number of hydrogen-bond donors (Lipinski definition) is 1. The van der Waals surface area contributed by atoms with Crippen molar-refractivity contribution in [3.05, 3.63) is 0 Å². The van der Waals surface area contributed by atoms with Crippen molar-refractivity contribution in [2.45, 2.75) is 19.6 Å². The van der Waals surface area contributed by atoms with Crippen LogP contribution in [-0.2, 0) is 51.9 Å². The molecule has 0 bridgehead atoms. The molecule has 0 aliphatic rings. The minimum atomic E-state index is -1.45. The zero-order chi connectivity index (χ0) is 26.6. The second-order valence-electron chi connectivity index (χ2n) is 8.31. The molecule has 13 heteroatoms. The summed E-state index contributed by atoms with van der Waals surface area (Å²) in [5, 5.41) is 8.40. The maximum absolute atomic E-state index is 10.2. The molecule has 0 aromatic rings. The summed E-state index contributed by atoms with van der Waals surface area (Å²) < 4.78 is 53.7. The van der Waals surface area contributed by atoms with E-state index in [1.54, 1.807) is 0 Å². The Kier molecular flexibility index (Phi) is 26.8. The lowest BCUT2D eigenvalue weighted by molar-refractivity contribution is -0.142. The first-order chi connectivity index (χ1) is 17.4. The smallest absolute Gasteiger partial charge is 0.329 e. The fourth-order valence-electron chi connectivity index (χ4n) is 2.33. The van der Waals surface area contributed by atoms with Gasteiger partial charge >= 0.3 is 5.97 Å². The number of carboxylic acid groups (broad SMARTS) is 1. The standard InChI is InChI=1S/C23H48O12Si/c1-36(2,3)35-21-20-33-17-16-31-13-12-29-9-8-27-5-4-26-6-7-28-10-11-30-14-15-32-18-19-34-22-23(24)25/h4-22H2,1-3H3,(H,24,25). The summed E-state index contributed by atoms with van der Waals surface area (Å²) >= 11 is 0. The molecule has 0 aromatic heterocycles. The molecule has 0 aliphatic heterocycles. The van der Waals surface area contributed by atoms with Gasteiger partial charge in [0.05, 0.1) is 119 Å². The molecule has 0 saturated carbocycles. The fourth-order valence-corrected chi connectivity index (χ4v) is 3.02. The Bertz CT molecular complexity index is 465. The van der Waals surface area contributed by atoms with Gasteiger partial charge in [0.15, 0.2) is 8.32 Å². The highest BCUT2D eigenvalue weighted by Crippen LogP contribution is 2.01. The molecule has 1 N–H and O–H groups in total. The van der Waals surface area contributed by atoms with Gasteiger partial charge in [-0.05, 0) is 19.6 Å². The molecule has 0 aliphatic carbocycles. The number of carboxylic acids is 1. The fraction of sp³-hybridized carbons (Fsp3) is 0.957. The van der Waals surface area contributed by atoms with Gasteiger partial charge in [-0.25, -0.2) is 4.79 Å². The van der Waals surface area contributed by atoms with Crippen LogP contribution < -0.4 is 0 Å². The van der Waals surface area contributed by atoms with E-state index >= 15 is 0 Å². The third-order valence-electron chi connectivity index (χ3n) is 3.96. The molecule has 12 nitrogen and oxygen atoms in total. The monoisotopic (exact) mass is 544 g/mol. The summed E-state index contributed by atoms with van der Waals surface area (Å²) in [4.78, 5) is 10.2. The third-order valence-corrected chi connectivity index (χ3v) is 5.03. The van der Waals surface area contributed by atoms with Crippen LogP contribution in [0.1, 0.15) is 0 Å². The van der Waals surface area contributed by atoms with Gasteiger partial charge in [-0.1, -0.05) is 0 Å². The predicted octanol–water partition coefficient (Wildman–Crippen LogP) is 1.07. The Morgan fingerprint density at radius 1 is 0.444 bits per heavy atom. The van der Waals surface area contributed by atoms with E-state index in [1.807, 2.05) is 0 Å². The van der Waals surface area contributed by atoms with E-state index in [9.17, 15) is 4.79 Å². The summed E-state index contributed by atoms with van der Waals surface area (Å²) in [7, 11) is -1.45. The summed E-state index contributed by atoms with van der Waals surface area (Å²) in [6.07, 6.45) is 0. The number of rotatable bonds is 30. The van der Waals surface area contributed by atoms with Crippen molar-refractivity contribution in [1.82, 2.24) is 0 Å². The topological polar surface area (TPSA) is 130 Å². The van der Waals surface area contributed by atoms with Crippen LogP contribution in [0.2, 0.25) is 19.6 Å². The normalized spacial score (nSPS) is 11.9. The van der Waals surface area contributed by atoms with E-state index in [0.717, 1.165) is 0 Å². The van der Waals surface area contributed by atoms with Gasteiger partial charge in [0.25, 0.3) is 0 Å². The maximum atomic E-state index is 10.2. The summed E-state index contributed by atoms with van der Waals surface area (Å²) in [5.74, 6) is -0.992. The second-order valence-corrected chi connectivity index (χ2v) is 12.8. The minimum Gasteiger partial charge on any atom is -0.480 e. The van der Waals surface area contributed by atoms with E-state index in [-0.39, 0.29) is 13.2 Å². The average molecular weight is 545 g/mol. The molecule has 0 fully saturated rings. The van der Waals surface area contributed by atoms with E-state index < -0.39 is 14.3 Å². The van der Waals surface area contributed by atoms with Crippen molar-refractivity contribution in [3.63, 3.8) is 0 Å². The zero-order valence-corrected chi connectivity index (χ0v) is 23.4. The lowest BCUT2D eigenvalue weighted by atomic mass is 10.6. The third kappa shape index (κ3) is 33.3. The molecule has 0 amide bonds. The first kappa shape index (κ1) is 35.3. The minimum absolute atomic E-state index is 0.247. The molecule has 0 aromatic carbocycles. The maximum Gasteiger partial charge on any atom is 0.329 e. The Morgan fingerprint density at radius 2 is 0.667 bits per heavy atom. The van der Waals surface area contributed by atoms with E-state index in [2.05, 4.69) is 19.6 Å². The summed E-state index contributed by atoms with van der Waals surface area (Å²) in [6, 6.07) is 0. The Labute approximate surface area is 216 Å². The van der Waals surface area contributed by atoms with Gasteiger partial charge in [0, 0.05) is 0 Å². The van der Waals surface area contributed by atoms with Crippen molar-refractivity contribution in [1.29, 1.82) is 0 Å². The number of ether oxygens (including phenoxy) is 9. The molecule has 216 valence electrons. The van der Waals surface area contributed by atoms with Gasteiger partial charge in [-0.15, -0.1) is 0 Å². The highest BCUT2D eigenvalue weighted by Gasteiger charge is 2.13. The van der Waals surface area contributed by atoms with Crippen LogP contribution in [0, 0.1) is 0 Å². The van der Waals surface area contributed by atoms with Gasteiger partial charge in [0.1, 0.15) is 6.61 Å². The van der Waals surface area contributed by atoms with Crippen LogP contribution in [-0.4, -0.2) is 145 Å². The first-order valence-corrected chi connectivity index (χ1v) is 15.9. The Hall–Kier alpha value is -0.713. The van der Waals surface area contributed by atoms with Crippen LogP contribution in [0.4, 0.5) is 0 Å². The van der Waals surface area contributed by atoms with E-state index in [4.69, 9.17) is 52.2 Å². The second kappa shape index (κ2) is 27.3. The molecular weight excluding hydrogens is 496 g/mol. The van der Waals surface area contributed by atoms with Gasteiger partial charge in [0.2, 0.25) is 0 Å². The lowest BCUT2D eigenvalue weighted by Crippen LogP contribution is -2.27. The van der Waals surface area contributed by atoms with Crippen molar-refractivity contribution in [3.8, 4) is 0 Å². The first-order valence-electron chi connectivity index (χ1n) is 12.5. The molecule has 0 saturated heterocycles. The molecule has 36 heavy (non-hydrogen) atoms. The number of carbonyl (C=O) groups is 1. The highest BCUT2D eigenvalue weighted by molar-refractivity contribution is 6.69. The Morgan fingerprint density at radius 3 is 0.889 bits per heavy atom. The molecule has 0 rings (SSSR count). The lowest BCUT2D eigenvalue weighted by Gasteiger charge is -2.16. The van der Waals surface area contributed by atoms with Crippen molar-refractivity contribution < 1.29 is 57.0 Å². The zero-order valence-electron chi connectivity index (χ0n) is 22.4. The van der Waals surface area contributed by atoms with Crippen LogP contribution in [0.3, 0.4) is 0 Å². The molecular formula is C23H48O12Si. The van der Waals surface area contributed by atoms with Crippen molar-refractivity contribution in [2.75, 3.05) is 126 Å². The summed E-state index contributed by atoms with van der Waals surface area (Å²) in [6.45, 7) is 14.9. The molecule has 0 unspecified atom stereocenters. The highest BCUT2D eigenvalue weighted by atomic mass is 28.4. The molecule has 0 spiro atoms. The SMILES string of the molecule is C[Si](C)(C)OCCOCCOCCOCCOCCOCCOCCOCCOCCOCC(=O)O. The predicted molar refractivity (Wildman–Crippen MR) is 134 cm³/mol. The summed E-state index contributed by atoms with van der Waals surface area (Å²) in [5.41, 5.74) is 0. The van der Waals surface area contributed by atoms with Crippen LogP contribution in [0.5, 0.6) is 0 Å². The average Bonchev–Trinajstić information content (AvgIpc) is 2.82. The molecule has 0 atom stereocenters. The van der Waals surface area contributed by atoms with Crippen LogP contribution in [0.25, 0.3) is 0 Å². The van der Waals surface area contributed by atoms with Crippen molar-refractivity contribution in [2.24, 2.45) is 0 Å². The largest absolute Gasteiger partial charge is 0.480 e. The molecule has 0 radical (unpaired) electrons. The van der Waals surface area contributed by atoms with Gasteiger partial charge in [-0.2, -0.15) is 0 Å².